The third-order valence-corrected chi connectivity index (χ3v) is 5.26. The summed E-state index contributed by atoms with van der Waals surface area (Å²) in [6.45, 7) is 2.44. The van der Waals surface area contributed by atoms with Crippen molar-refractivity contribution in [2.75, 3.05) is 13.7 Å². The number of pyridine rings is 1. The Balaban J connectivity index is 1.67. The summed E-state index contributed by atoms with van der Waals surface area (Å²) in [6, 6.07) is 3.70. The Kier molecular flexibility index (Phi) is 3.06. The first kappa shape index (κ1) is 14.4. The number of hydrogen-bond donors (Lipinski definition) is 0. The van der Waals surface area contributed by atoms with Crippen molar-refractivity contribution in [1.29, 1.82) is 0 Å². The number of methoxy groups -OCH3 is 1. The molecule has 1 spiro atoms. The van der Waals surface area contributed by atoms with Crippen LogP contribution in [0, 0.1) is 11.8 Å². The van der Waals surface area contributed by atoms with E-state index in [1.54, 1.807) is 17.3 Å². The highest BCUT2D eigenvalue weighted by Crippen LogP contribution is 2.53. The zero-order valence-corrected chi connectivity index (χ0v) is 13.0. The topological polar surface area (TPSA) is 68.7 Å². The second-order valence-corrected chi connectivity index (χ2v) is 6.35. The second kappa shape index (κ2) is 4.89. The van der Waals surface area contributed by atoms with Gasteiger partial charge < -0.3 is 14.4 Å². The standard InChI is InChI=1S/C17H18N2O4/c1-10(11-4-7-18-8-5-11)19-9-17-6-3-12(23-17)13(16(21)22-2)14(17)15(19)20/h3-8,10,12-14H,9H2,1-2H3. The third-order valence-electron chi connectivity index (χ3n) is 5.26. The lowest BCUT2D eigenvalue weighted by Gasteiger charge is -2.27. The Labute approximate surface area is 134 Å². The Morgan fingerprint density at radius 1 is 1.48 bits per heavy atom. The minimum atomic E-state index is -0.693. The number of hydrogen-bond acceptors (Lipinski definition) is 5. The van der Waals surface area contributed by atoms with Crippen molar-refractivity contribution in [3.05, 3.63) is 42.2 Å². The van der Waals surface area contributed by atoms with Gasteiger partial charge in [0.15, 0.2) is 0 Å². The lowest BCUT2D eigenvalue weighted by Crippen LogP contribution is -2.39. The van der Waals surface area contributed by atoms with E-state index in [2.05, 4.69) is 4.98 Å². The van der Waals surface area contributed by atoms with Gasteiger partial charge in [0, 0.05) is 12.4 Å². The molecule has 0 aromatic carbocycles. The summed E-state index contributed by atoms with van der Waals surface area (Å²) < 4.78 is 10.9. The number of aromatic nitrogens is 1. The van der Waals surface area contributed by atoms with Crippen molar-refractivity contribution in [3.63, 3.8) is 0 Å². The van der Waals surface area contributed by atoms with E-state index in [0.717, 1.165) is 5.56 Å². The van der Waals surface area contributed by atoms with Crippen molar-refractivity contribution in [3.8, 4) is 0 Å². The first-order chi connectivity index (χ1) is 11.1. The fourth-order valence-corrected chi connectivity index (χ4v) is 4.08. The van der Waals surface area contributed by atoms with E-state index in [0.29, 0.717) is 6.54 Å². The van der Waals surface area contributed by atoms with Crippen LogP contribution in [0.25, 0.3) is 0 Å². The summed E-state index contributed by atoms with van der Waals surface area (Å²) in [5.74, 6) is -1.46. The summed E-state index contributed by atoms with van der Waals surface area (Å²) in [6.07, 6.45) is 6.90. The van der Waals surface area contributed by atoms with E-state index in [1.165, 1.54) is 7.11 Å². The van der Waals surface area contributed by atoms with Gasteiger partial charge in [0.25, 0.3) is 0 Å². The maximum atomic E-state index is 13.0. The molecule has 120 valence electrons. The van der Waals surface area contributed by atoms with Gasteiger partial charge in [0.1, 0.15) is 11.5 Å². The van der Waals surface area contributed by atoms with Crippen LogP contribution in [0.5, 0.6) is 0 Å². The smallest absolute Gasteiger partial charge is 0.312 e. The van der Waals surface area contributed by atoms with Gasteiger partial charge in [-0.25, -0.2) is 0 Å². The van der Waals surface area contributed by atoms with E-state index in [9.17, 15) is 9.59 Å². The van der Waals surface area contributed by atoms with Gasteiger partial charge in [-0.3, -0.25) is 14.6 Å². The van der Waals surface area contributed by atoms with Crippen LogP contribution in [-0.4, -0.2) is 47.1 Å². The summed E-state index contributed by atoms with van der Waals surface area (Å²) >= 11 is 0. The van der Waals surface area contributed by atoms with Gasteiger partial charge in [-0.05, 0) is 24.6 Å². The predicted molar refractivity (Wildman–Crippen MR) is 80.1 cm³/mol. The molecule has 6 nitrogen and oxygen atoms in total. The maximum absolute atomic E-state index is 13.0. The van der Waals surface area contributed by atoms with Crippen LogP contribution >= 0.6 is 0 Å². The van der Waals surface area contributed by atoms with E-state index >= 15 is 0 Å². The molecule has 5 unspecified atom stereocenters. The molecule has 1 aromatic rings. The lowest BCUT2D eigenvalue weighted by atomic mass is 9.77. The molecule has 2 fully saturated rings. The third kappa shape index (κ3) is 1.88. The fourth-order valence-electron chi connectivity index (χ4n) is 4.08. The van der Waals surface area contributed by atoms with Gasteiger partial charge in [0.05, 0.1) is 31.7 Å². The van der Waals surface area contributed by atoms with Gasteiger partial charge in [-0.15, -0.1) is 0 Å². The van der Waals surface area contributed by atoms with E-state index in [4.69, 9.17) is 9.47 Å². The molecule has 1 aromatic heterocycles. The highest BCUT2D eigenvalue weighted by molar-refractivity contribution is 5.91. The average molecular weight is 314 g/mol. The molecule has 1 amide bonds. The number of carbonyl (C=O) groups is 2. The van der Waals surface area contributed by atoms with Gasteiger partial charge in [-0.2, -0.15) is 0 Å². The monoisotopic (exact) mass is 314 g/mol. The summed E-state index contributed by atoms with van der Waals surface area (Å²) in [5, 5.41) is 0. The number of ether oxygens (including phenoxy) is 2. The molecular formula is C17H18N2O4. The summed E-state index contributed by atoms with van der Waals surface area (Å²) in [7, 11) is 1.35. The zero-order valence-electron chi connectivity index (χ0n) is 13.0. The molecule has 3 aliphatic rings. The Morgan fingerprint density at radius 3 is 2.91 bits per heavy atom. The van der Waals surface area contributed by atoms with Crippen molar-refractivity contribution in [2.45, 2.75) is 24.7 Å². The number of rotatable bonds is 3. The minimum absolute atomic E-state index is 0.0448. The molecule has 2 bridgehead atoms. The molecule has 4 heterocycles. The first-order valence-corrected chi connectivity index (χ1v) is 7.73. The number of amides is 1. The molecule has 0 aliphatic carbocycles. The summed E-state index contributed by atoms with van der Waals surface area (Å²) in [4.78, 5) is 30.9. The maximum Gasteiger partial charge on any atom is 0.312 e. The molecule has 2 saturated heterocycles. The van der Waals surface area contributed by atoms with Crippen LogP contribution < -0.4 is 0 Å². The predicted octanol–water partition coefficient (Wildman–Crippen LogP) is 1.10. The fraction of sp³-hybridized carbons (Fsp3) is 0.471. The number of nitrogens with zero attached hydrogens (tertiary/aromatic N) is 2. The minimum Gasteiger partial charge on any atom is -0.469 e. The number of carbonyl (C=O) groups excluding carboxylic acids is 2. The lowest BCUT2D eigenvalue weighted by molar-refractivity contribution is -0.151. The molecule has 4 rings (SSSR count). The van der Waals surface area contributed by atoms with E-state index in [-0.39, 0.29) is 24.0 Å². The highest BCUT2D eigenvalue weighted by Gasteiger charge is 2.67. The van der Waals surface area contributed by atoms with Crippen LogP contribution in [0.15, 0.2) is 36.7 Å². The Morgan fingerprint density at radius 2 is 2.22 bits per heavy atom. The van der Waals surface area contributed by atoms with Crippen molar-refractivity contribution < 1.29 is 19.1 Å². The van der Waals surface area contributed by atoms with Crippen molar-refractivity contribution in [2.24, 2.45) is 11.8 Å². The number of fused-ring (bicyclic) bond motifs is 1. The Hall–Kier alpha value is -2.21. The Bertz CT molecular complexity index is 689. The SMILES string of the molecule is COC(=O)C1C2C=CC3(CN(C(C)c4ccncc4)C(=O)C13)O2. The second-order valence-electron chi connectivity index (χ2n) is 6.35. The van der Waals surface area contributed by atoms with Crippen LogP contribution in [0.1, 0.15) is 18.5 Å². The molecular weight excluding hydrogens is 296 g/mol. The molecule has 3 aliphatic heterocycles. The van der Waals surface area contributed by atoms with Crippen LogP contribution in [0.4, 0.5) is 0 Å². The van der Waals surface area contributed by atoms with Gasteiger partial charge >= 0.3 is 5.97 Å². The van der Waals surface area contributed by atoms with Crippen molar-refractivity contribution >= 4 is 11.9 Å². The summed E-state index contributed by atoms with van der Waals surface area (Å²) in [5.41, 5.74) is 0.319. The van der Waals surface area contributed by atoms with Gasteiger partial charge in [0.2, 0.25) is 5.91 Å². The molecule has 0 N–H and O–H groups in total. The zero-order chi connectivity index (χ0) is 16.2. The van der Waals surface area contributed by atoms with Crippen molar-refractivity contribution in [1.82, 2.24) is 9.88 Å². The first-order valence-electron chi connectivity index (χ1n) is 7.73. The molecule has 6 heteroatoms. The highest BCUT2D eigenvalue weighted by atomic mass is 16.5. The van der Waals surface area contributed by atoms with Crippen LogP contribution in [0.3, 0.4) is 0 Å². The molecule has 23 heavy (non-hydrogen) atoms. The van der Waals surface area contributed by atoms with Crippen LogP contribution in [-0.2, 0) is 19.1 Å². The largest absolute Gasteiger partial charge is 0.469 e. The quantitative estimate of drug-likeness (QED) is 0.617. The van der Waals surface area contributed by atoms with E-state index < -0.39 is 17.4 Å². The molecule has 0 saturated carbocycles. The van der Waals surface area contributed by atoms with Gasteiger partial charge in [-0.1, -0.05) is 12.2 Å². The number of esters is 1. The number of likely N-dealkylation sites (tertiary alicyclic amines) is 1. The normalized spacial score (nSPS) is 35.5. The van der Waals surface area contributed by atoms with Crippen LogP contribution in [0.2, 0.25) is 0 Å². The van der Waals surface area contributed by atoms with E-state index in [1.807, 2.05) is 31.2 Å². The average Bonchev–Trinajstić information content (AvgIpc) is 3.22. The molecule has 0 radical (unpaired) electrons. The molecule has 5 atom stereocenters.